The molecule has 0 fully saturated rings. The number of halogens is 1. The maximum atomic E-state index is 12.1. The summed E-state index contributed by atoms with van der Waals surface area (Å²) in [5.41, 5.74) is 6.65. The third-order valence-corrected chi connectivity index (χ3v) is 4.11. The Kier molecular flexibility index (Phi) is 15.3. The summed E-state index contributed by atoms with van der Waals surface area (Å²) in [5.74, 6) is -0.801. The number of benzene rings is 1. The van der Waals surface area contributed by atoms with E-state index in [9.17, 15) is 14.4 Å². The van der Waals surface area contributed by atoms with Gasteiger partial charge >= 0.3 is 6.09 Å². The average Bonchev–Trinajstić information content (AvgIpc) is 2.71. The van der Waals surface area contributed by atoms with E-state index in [1.807, 2.05) is 30.3 Å². The van der Waals surface area contributed by atoms with E-state index in [1.54, 1.807) is 0 Å². The van der Waals surface area contributed by atoms with Gasteiger partial charge in [0.05, 0.1) is 0 Å². The Morgan fingerprint density at radius 2 is 1.69 bits per heavy atom. The number of rotatable bonds is 12. The van der Waals surface area contributed by atoms with E-state index in [0.717, 1.165) is 29.8 Å². The SMILES string of the molecule is CCCCCCCCNC(=O)CN(NC(=O)OCc1ccccc1)C(=O)C[NH3+].[Cl-]. The van der Waals surface area contributed by atoms with Gasteiger partial charge < -0.3 is 28.2 Å². The number of amides is 3. The highest BCUT2D eigenvalue weighted by Crippen LogP contribution is 2.04. The number of unbranched alkanes of at least 4 members (excludes halogenated alkanes) is 5. The van der Waals surface area contributed by atoms with Crippen molar-refractivity contribution in [2.24, 2.45) is 0 Å². The highest BCUT2D eigenvalue weighted by atomic mass is 35.5. The van der Waals surface area contributed by atoms with Crippen molar-refractivity contribution in [3.8, 4) is 0 Å². The molecule has 0 atom stereocenters. The van der Waals surface area contributed by atoms with Gasteiger partial charge in [0.15, 0.2) is 6.54 Å². The number of nitrogens with one attached hydrogen (secondary N) is 2. The molecule has 0 aliphatic rings. The second-order valence-corrected chi connectivity index (χ2v) is 6.52. The van der Waals surface area contributed by atoms with Gasteiger partial charge in [0.2, 0.25) is 5.91 Å². The first-order valence-corrected chi connectivity index (χ1v) is 9.90. The second-order valence-electron chi connectivity index (χ2n) is 6.52. The van der Waals surface area contributed by atoms with Crippen LogP contribution < -0.4 is 28.9 Å². The Hall–Kier alpha value is -2.32. The van der Waals surface area contributed by atoms with Crippen LogP contribution in [0, 0.1) is 0 Å². The lowest BCUT2D eigenvalue weighted by Gasteiger charge is -2.21. The minimum atomic E-state index is -0.797. The molecule has 1 aromatic carbocycles. The molecule has 1 rings (SSSR count). The van der Waals surface area contributed by atoms with Crippen molar-refractivity contribution in [1.82, 2.24) is 15.8 Å². The molecule has 5 N–H and O–H groups in total. The molecule has 0 heterocycles. The van der Waals surface area contributed by atoms with Crippen LogP contribution in [0.3, 0.4) is 0 Å². The molecular formula is C20H33ClN4O4. The number of quaternary nitrogens is 1. The first kappa shape index (κ1) is 26.7. The van der Waals surface area contributed by atoms with Gasteiger partial charge in [-0.05, 0) is 12.0 Å². The number of hydrazine groups is 1. The molecule has 0 saturated carbocycles. The molecule has 0 aromatic heterocycles. The zero-order chi connectivity index (χ0) is 20.6. The van der Waals surface area contributed by atoms with Gasteiger partial charge in [0, 0.05) is 6.54 Å². The van der Waals surface area contributed by atoms with Gasteiger partial charge in [0.25, 0.3) is 5.91 Å². The van der Waals surface area contributed by atoms with Crippen molar-refractivity contribution in [3.63, 3.8) is 0 Å². The van der Waals surface area contributed by atoms with Crippen LogP contribution in [0.15, 0.2) is 30.3 Å². The molecule has 9 heteroatoms. The van der Waals surface area contributed by atoms with Crippen molar-refractivity contribution >= 4 is 17.9 Å². The highest BCUT2D eigenvalue weighted by Gasteiger charge is 2.20. The number of ether oxygens (including phenoxy) is 1. The largest absolute Gasteiger partial charge is 1.00 e. The first-order chi connectivity index (χ1) is 13.6. The summed E-state index contributed by atoms with van der Waals surface area (Å²) in [6, 6.07) is 9.18. The Morgan fingerprint density at radius 1 is 1.03 bits per heavy atom. The van der Waals surface area contributed by atoms with Crippen LogP contribution in [-0.4, -0.2) is 42.6 Å². The lowest BCUT2D eigenvalue weighted by molar-refractivity contribution is -0.357. The predicted octanol–water partition coefficient (Wildman–Crippen LogP) is -1.62. The molecule has 0 unspecified atom stereocenters. The maximum absolute atomic E-state index is 12.1. The summed E-state index contributed by atoms with van der Waals surface area (Å²) in [4.78, 5) is 35.9. The van der Waals surface area contributed by atoms with Gasteiger partial charge in [-0.25, -0.2) is 15.2 Å². The second kappa shape index (κ2) is 16.6. The van der Waals surface area contributed by atoms with E-state index in [-0.39, 0.29) is 38.0 Å². The third-order valence-electron chi connectivity index (χ3n) is 4.11. The Morgan fingerprint density at radius 3 is 2.34 bits per heavy atom. The lowest BCUT2D eigenvalue weighted by atomic mass is 10.1. The normalized spacial score (nSPS) is 9.86. The zero-order valence-corrected chi connectivity index (χ0v) is 17.9. The fraction of sp³-hybridized carbons (Fsp3) is 0.550. The van der Waals surface area contributed by atoms with Crippen LogP contribution in [0.2, 0.25) is 0 Å². The number of carbonyl (C=O) groups is 3. The van der Waals surface area contributed by atoms with Gasteiger partial charge in [0.1, 0.15) is 13.2 Å². The molecule has 0 bridgehead atoms. The number of hydrogen-bond donors (Lipinski definition) is 3. The molecule has 164 valence electrons. The molecule has 0 aliphatic heterocycles. The lowest BCUT2D eigenvalue weighted by Crippen LogP contribution is -3.00. The van der Waals surface area contributed by atoms with Crippen molar-refractivity contribution in [2.75, 3.05) is 19.6 Å². The van der Waals surface area contributed by atoms with Gasteiger partial charge in [-0.15, -0.1) is 0 Å². The van der Waals surface area contributed by atoms with Crippen LogP contribution in [0.5, 0.6) is 0 Å². The van der Waals surface area contributed by atoms with Crippen molar-refractivity contribution in [2.45, 2.75) is 52.1 Å². The Bertz CT molecular complexity index is 601. The fourth-order valence-electron chi connectivity index (χ4n) is 2.52. The smallest absolute Gasteiger partial charge is 0.426 e. The fourth-order valence-corrected chi connectivity index (χ4v) is 2.52. The summed E-state index contributed by atoms with van der Waals surface area (Å²) in [5, 5.41) is 3.71. The Balaban J connectivity index is 0.00000784. The van der Waals surface area contributed by atoms with Crippen LogP contribution >= 0.6 is 0 Å². The predicted molar refractivity (Wildman–Crippen MR) is 106 cm³/mol. The molecule has 0 radical (unpaired) electrons. The molecule has 29 heavy (non-hydrogen) atoms. The monoisotopic (exact) mass is 428 g/mol. The minimum Gasteiger partial charge on any atom is -1.00 e. The van der Waals surface area contributed by atoms with Crippen molar-refractivity contribution < 1.29 is 37.3 Å². The molecule has 3 amide bonds. The van der Waals surface area contributed by atoms with E-state index in [4.69, 9.17) is 4.74 Å². The summed E-state index contributed by atoms with van der Waals surface area (Å²) in [6.07, 6.45) is 5.97. The standard InChI is InChI=1S/C20H32N4O4.ClH/c1-2-3-4-5-6-10-13-22-18(25)15-24(19(26)14-21)23-20(27)28-16-17-11-8-7-9-12-17;/h7-9,11-12H,2-6,10,13-16,21H2,1H3,(H,22,25)(H,23,27);1H. The minimum absolute atomic E-state index is 0. The number of hydrogen-bond acceptors (Lipinski definition) is 4. The molecule has 0 saturated heterocycles. The first-order valence-electron chi connectivity index (χ1n) is 9.90. The topological polar surface area (TPSA) is 115 Å². The summed E-state index contributed by atoms with van der Waals surface area (Å²) < 4.78 is 5.08. The average molecular weight is 429 g/mol. The maximum Gasteiger partial charge on any atom is 0.426 e. The quantitative estimate of drug-likeness (QED) is 0.274. The Labute approximate surface area is 178 Å². The summed E-state index contributed by atoms with van der Waals surface area (Å²) in [7, 11) is 0. The molecule has 0 spiro atoms. The van der Waals surface area contributed by atoms with Crippen LogP contribution in [0.4, 0.5) is 4.79 Å². The van der Waals surface area contributed by atoms with Gasteiger partial charge in [-0.2, -0.15) is 0 Å². The third kappa shape index (κ3) is 12.7. The number of carbonyl (C=O) groups excluding carboxylic acids is 3. The zero-order valence-electron chi connectivity index (χ0n) is 17.1. The van der Waals surface area contributed by atoms with Crippen LogP contribution in [0.1, 0.15) is 51.0 Å². The van der Waals surface area contributed by atoms with E-state index >= 15 is 0 Å². The molecule has 8 nitrogen and oxygen atoms in total. The van der Waals surface area contributed by atoms with Crippen molar-refractivity contribution in [1.29, 1.82) is 0 Å². The van der Waals surface area contributed by atoms with Gasteiger partial charge in [-0.3, -0.25) is 9.59 Å². The summed E-state index contributed by atoms with van der Waals surface area (Å²) >= 11 is 0. The van der Waals surface area contributed by atoms with Crippen molar-refractivity contribution in [3.05, 3.63) is 35.9 Å². The van der Waals surface area contributed by atoms with E-state index in [1.165, 1.54) is 19.3 Å². The van der Waals surface area contributed by atoms with Crippen LogP contribution in [0.25, 0.3) is 0 Å². The highest BCUT2D eigenvalue weighted by molar-refractivity contribution is 5.86. The van der Waals surface area contributed by atoms with Crippen LogP contribution in [-0.2, 0) is 20.9 Å². The summed E-state index contributed by atoms with van der Waals surface area (Å²) in [6.45, 7) is 2.44. The van der Waals surface area contributed by atoms with Gasteiger partial charge in [-0.1, -0.05) is 69.4 Å². The van der Waals surface area contributed by atoms with E-state index < -0.39 is 12.0 Å². The molecule has 0 aliphatic carbocycles. The van der Waals surface area contributed by atoms with E-state index in [0.29, 0.717) is 6.54 Å². The molecule has 1 aromatic rings. The van der Waals surface area contributed by atoms with E-state index in [2.05, 4.69) is 23.4 Å². The number of nitrogens with zero attached hydrogens (tertiary/aromatic N) is 1. The molecular weight excluding hydrogens is 396 g/mol.